The maximum Gasteiger partial charge on any atom is 0.124 e. The van der Waals surface area contributed by atoms with Gasteiger partial charge in [0.2, 0.25) is 0 Å². The lowest BCUT2D eigenvalue weighted by molar-refractivity contribution is 0.0667. The number of hydrogen-bond donors (Lipinski definition) is 0. The highest BCUT2D eigenvalue weighted by Gasteiger charge is 2.20. The molecule has 0 aliphatic carbocycles. The highest BCUT2D eigenvalue weighted by atomic mass is 79.9. The van der Waals surface area contributed by atoms with Crippen molar-refractivity contribution in [2.75, 3.05) is 13.2 Å². The first kappa shape index (κ1) is 20.4. The number of halogens is 2. The summed E-state index contributed by atoms with van der Waals surface area (Å²) in [6, 6.07) is 24.0. The van der Waals surface area contributed by atoms with Gasteiger partial charge in [-0.1, -0.05) is 70.0 Å². The summed E-state index contributed by atoms with van der Waals surface area (Å²) in [6.45, 7) is 1.91. The van der Waals surface area contributed by atoms with E-state index in [-0.39, 0.29) is 12.2 Å². The van der Waals surface area contributed by atoms with Crippen molar-refractivity contribution in [3.63, 3.8) is 0 Å². The fourth-order valence-electron chi connectivity index (χ4n) is 3.35. The molecule has 0 spiro atoms. The molecule has 1 aliphatic rings. The fraction of sp³-hybridized carbons (Fsp3) is 0.250. The molecule has 4 rings (SSSR count). The van der Waals surface area contributed by atoms with Crippen molar-refractivity contribution in [1.29, 1.82) is 0 Å². The minimum absolute atomic E-state index is 0.130. The van der Waals surface area contributed by atoms with E-state index in [1.54, 1.807) is 0 Å². The zero-order chi connectivity index (χ0) is 20.1. The van der Waals surface area contributed by atoms with Crippen molar-refractivity contribution in [3.8, 4) is 5.75 Å². The monoisotopic (exact) mass is 472 g/mol. The molecule has 150 valence electrons. The predicted molar refractivity (Wildman–Crippen MR) is 119 cm³/mol. The van der Waals surface area contributed by atoms with Crippen LogP contribution in [0.15, 0.2) is 77.3 Å². The van der Waals surface area contributed by atoms with Gasteiger partial charge in [-0.25, -0.2) is 0 Å². The van der Waals surface area contributed by atoms with E-state index in [2.05, 4.69) is 28.1 Å². The average molecular weight is 474 g/mol. The molecule has 29 heavy (non-hydrogen) atoms. The molecule has 3 aromatic carbocycles. The van der Waals surface area contributed by atoms with Crippen LogP contribution >= 0.6 is 27.5 Å². The topological polar surface area (TPSA) is 27.7 Å². The second-order valence-electron chi connectivity index (χ2n) is 7.01. The summed E-state index contributed by atoms with van der Waals surface area (Å²) in [7, 11) is 0. The molecule has 1 fully saturated rings. The number of ether oxygens (including phenoxy) is 3. The second kappa shape index (κ2) is 9.77. The van der Waals surface area contributed by atoms with Crippen LogP contribution in [0.3, 0.4) is 0 Å². The van der Waals surface area contributed by atoms with Crippen molar-refractivity contribution in [1.82, 2.24) is 0 Å². The molecule has 1 saturated heterocycles. The minimum atomic E-state index is -0.288. The van der Waals surface area contributed by atoms with Gasteiger partial charge in [0.1, 0.15) is 18.0 Å². The van der Waals surface area contributed by atoms with E-state index < -0.39 is 0 Å². The van der Waals surface area contributed by atoms with Gasteiger partial charge in [-0.15, -0.1) is 0 Å². The lowest BCUT2D eigenvalue weighted by Crippen LogP contribution is -2.15. The van der Waals surface area contributed by atoms with Crippen molar-refractivity contribution >= 4 is 27.5 Å². The average Bonchev–Trinajstić information content (AvgIpc) is 3.25. The van der Waals surface area contributed by atoms with Crippen LogP contribution in [0.25, 0.3) is 0 Å². The molecule has 0 aromatic heterocycles. The van der Waals surface area contributed by atoms with Crippen LogP contribution in [-0.2, 0) is 16.1 Å². The van der Waals surface area contributed by atoms with Gasteiger partial charge in [0.15, 0.2) is 0 Å². The predicted octanol–water partition coefficient (Wildman–Crippen LogP) is 6.58. The first-order valence-corrected chi connectivity index (χ1v) is 10.8. The molecule has 0 amide bonds. The highest BCUT2D eigenvalue weighted by Crippen LogP contribution is 2.35. The quantitative estimate of drug-likeness (QED) is 0.388. The van der Waals surface area contributed by atoms with Crippen LogP contribution in [0.2, 0.25) is 5.02 Å². The lowest BCUT2D eigenvalue weighted by atomic mass is 10.0. The van der Waals surface area contributed by atoms with Gasteiger partial charge in [-0.05, 0) is 41.5 Å². The van der Waals surface area contributed by atoms with E-state index in [1.807, 2.05) is 60.7 Å². The maximum atomic E-state index is 6.53. The minimum Gasteiger partial charge on any atom is -0.488 e. The SMILES string of the molecule is Clc1ccc(Br)cc1C(OCc1ccccc1)c1ccc(O[C@@H]2CCOC2)cc1. The van der Waals surface area contributed by atoms with Gasteiger partial charge < -0.3 is 14.2 Å². The van der Waals surface area contributed by atoms with Crippen LogP contribution in [-0.4, -0.2) is 19.3 Å². The molecule has 0 bridgehead atoms. The Kier molecular flexibility index (Phi) is 6.88. The zero-order valence-electron chi connectivity index (χ0n) is 15.9. The fourth-order valence-corrected chi connectivity index (χ4v) is 3.95. The molecule has 1 aliphatic heterocycles. The number of hydrogen-bond acceptors (Lipinski definition) is 3. The Balaban J connectivity index is 1.57. The summed E-state index contributed by atoms with van der Waals surface area (Å²) in [5.41, 5.74) is 3.07. The smallest absolute Gasteiger partial charge is 0.124 e. The first-order chi connectivity index (χ1) is 14.2. The van der Waals surface area contributed by atoms with Gasteiger partial charge in [-0.2, -0.15) is 0 Å². The van der Waals surface area contributed by atoms with Crippen molar-refractivity contribution in [3.05, 3.63) is 99.0 Å². The second-order valence-corrected chi connectivity index (χ2v) is 8.34. The van der Waals surface area contributed by atoms with Crippen LogP contribution in [0, 0.1) is 0 Å². The molecule has 3 aromatic rings. The van der Waals surface area contributed by atoms with Gasteiger partial charge >= 0.3 is 0 Å². The van der Waals surface area contributed by atoms with E-state index in [4.69, 9.17) is 25.8 Å². The van der Waals surface area contributed by atoms with Crippen molar-refractivity contribution in [2.24, 2.45) is 0 Å². The first-order valence-electron chi connectivity index (χ1n) is 9.64. The molecule has 2 atom stereocenters. The van der Waals surface area contributed by atoms with Gasteiger partial charge in [-0.3, -0.25) is 0 Å². The molecule has 3 nitrogen and oxygen atoms in total. The van der Waals surface area contributed by atoms with Gasteiger partial charge in [0.25, 0.3) is 0 Å². The van der Waals surface area contributed by atoms with E-state index in [0.29, 0.717) is 18.2 Å². The number of rotatable bonds is 7. The van der Waals surface area contributed by atoms with E-state index >= 15 is 0 Å². The Morgan fingerprint density at radius 1 is 1.03 bits per heavy atom. The Morgan fingerprint density at radius 2 is 1.83 bits per heavy atom. The van der Waals surface area contributed by atoms with E-state index in [1.165, 1.54) is 0 Å². The Bertz CT molecular complexity index is 925. The Labute approximate surface area is 184 Å². The molecule has 0 radical (unpaired) electrons. The third-order valence-electron chi connectivity index (χ3n) is 4.87. The summed E-state index contributed by atoms with van der Waals surface area (Å²) in [4.78, 5) is 0. The molecule has 5 heteroatoms. The normalized spacial score (nSPS) is 17.2. The summed E-state index contributed by atoms with van der Waals surface area (Å²) < 4.78 is 18.7. The third-order valence-corrected chi connectivity index (χ3v) is 5.71. The molecular formula is C24H22BrClO3. The Hall–Kier alpha value is -1.85. The largest absolute Gasteiger partial charge is 0.488 e. The van der Waals surface area contributed by atoms with Crippen LogP contribution < -0.4 is 4.74 Å². The maximum absolute atomic E-state index is 6.53. The molecule has 0 N–H and O–H groups in total. The summed E-state index contributed by atoms with van der Waals surface area (Å²) in [6.07, 6.45) is 0.771. The standard InChI is InChI=1S/C24H22BrClO3/c25-19-8-11-23(26)22(14-19)24(28-15-17-4-2-1-3-5-17)18-6-9-20(10-7-18)29-21-12-13-27-16-21/h1-11,14,21,24H,12-13,15-16H2/t21-,24?/m1/s1. The summed E-state index contributed by atoms with van der Waals surface area (Å²) in [5.74, 6) is 0.839. The lowest BCUT2D eigenvalue weighted by Gasteiger charge is -2.21. The molecule has 1 unspecified atom stereocenters. The third kappa shape index (κ3) is 5.40. The number of benzene rings is 3. The molecule has 1 heterocycles. The van der Waals surface area contributed by atoms with Gasteiger partial charge in [0, 0.05) is 21.5 Å². The summed E-state index contributed by atoms with van der Waals surface area (Å²) in [5, 5.41) is 0.676. The zero-order valence-corrected chi connectivity index (χ0v) is 18.2. The van der Waals surface area contributed by atoms with Gasteiger partial charge in [0.05, 0.1) is 19.8 Å². The van der Waals surface area contributed by atoms with Crippen LogP contribution in [0.5, 0.6) is 5.75 Å². The molecule has 0 saturated carbocycles. The van der Waals surface area contributed by atoms with Crippen LogP contribution in [0.1, 0.15) is 29.2 Å². The van der Waals surface area contributed by atoms with Crippen LogP contribution in [0.4, 0.5) is 0 Å². The van der Waals surface area contributed by atoms with Crippen molar-refractivity contribution < 1.29 is 14.2 Å². The van der Waals surface area contributed by atoms with E-state index in [0.717, 1.165) is 39.9 Å². The highest BCUT2D eigenvalue weighted by molar-refractivity contribution is 9.10. The Morgan fingerprint density at radius 3 is 2.55 bits per heavy atom. The van der Waals surface area contributed by atoms with Crippen molar-refractivity contribution in [2.45, 2.75) is 25.2 Å². The molecular weight excluding hydrogens is 452 g/mol. The van der Waals surface area contributed by atoms with E-state index in [9.17, 15) is 0 Å². The summed E-state index contributed by atoms with van der Waals surface area (Å²) >= 11 is 10.1.